The molecule has 1 atom stereocenters. The van der Waals surface area contributed by atoms with Crippen LogP contribution in [0.2, 0.25) is 0 Å². The minimum absolute atomic E-state index is 0.0300. The Morgan fingerprint density at radius 2 is 2.05 bits per heavy atom. The number of likely N-dealkylation sites (N-methyl/N-ethyl adjacent to an activating group) is 1. The SMILES string of the molecule is CCNC(Cc1ccc(F)c(F)c1)c1ccnn1C. The van der Waals surface area contributed by atoms with Crippen molar-refractivity contribution in [1.82, 2.24) is 15.1 Å². The molecule has 0 radical (unpaired) electrons. The van der Waals surface area contributed by atoms with Crippen molar-refractivity contribution >= 4 is 0 Å². The topological polar surface area (TPSA) is 29.9 Å². The van der Waals surface area contributed by atoms with Gasteiger partial charge < -0.3 is 5.32 Å². The number of hydrogen-bond donors (Lipinski definition) is 1. The predicted octanol–water partition coefficient (Wildman–Crippen LogP) is 2.59. The molecule has 1 heterocycles. The van der Waals surface area contributed by atoms with E-state index < -0.39 is 11.6 Å². The molecule has 102 valence electrons. The van der Waals surface area contributed by atoms with E-state index in [1.54, 1.807) is 16.9 Å². The van der Waals surface area contributed by atoms with E-state index in [-0.39, 0.29) is 6.04 Å². The minimum atomic E-state index is -0.815. The molecule has 1 N–H and O–H groups in total. The summed E-state index contributed by atoms with van der Waals surface area (Å²) < 4.78 is 27.9. The number of halogens is 2. The van der Waals surface area contributed by atoms with Crippen molar-refractivity contribution in [2.24, 2.45) is 7.05 Å². The number of rotatable bonds is 5. The summed E-state index contributed by atoms with van der Waals surface area (Å²) in [6, 6.07) is 5.97. The van der Waals surface area contributed by atoms with Gasteiger partial charge in [0.1, 0.15) is 0 Å². The molecule has 0 amide bonds. The van der Waals surface area contributed by atoms with Crippen LogP contribution in [-0.4, -0.2) is 16.3 Å². The minimum Gasteiger partial charge on any atom is -0.309 e. The molecule has 0 saturated carbocycles. The van der Waals surface area contributed by atoms with Crippen LogP contribution in [0, 0.1) is 11.6 Å². The van der Waals surface area contributed by atoms with E-state index in [1.165, 1.54) is 6.07 Å². The van der Waals surface area contributed by atoms with Crippen molar-refractivity contribution in [1.29, 1.82) is 0 Å². The zero-order valence-electron chi connectivity index (χ0n) is 11.0. The Morgan fingerprint density at radius 3 is 2.63 bits per heavy atom. The van der Waals surface area contributed by atoms with Gasteiger partial charge in [-0.15, -0.1) is 0 Å². The predicted molar refractivity (Wildman–Crippen MR) is 69.7 cm³/mol. The van der Waals surface area contributed by atoms with Gasteiger partial charge in [0.2, 0.25) is 0 Å². The number of benzene rings is 1. The highest BCUT2D eigenvalue weighted by Gasteiger charge is 2.15. The molecule has 0 saturated heterocycles. The lowest BCUT2D eigenvalue weighted by Gasteiger charge is -2.18. The first-order valence-corrected chi connectivity index (χ1v) is 6.27. The monoisotopic (exact) mass is 265 g/mol. The quantitative estimate of drug-likeness (QED) is 0.900. The lowest BCUT2D eigenvalue weighted by Crippen LogP contribution is -2.25. The summed E-state index contributed by atoms with van der Waals surface area (Å²) in [5.74, 6) is -1.62. The molecule has 2 aromatic rings. The third kappa shape index (κ3) is 3.17. The molecule has 0 spiro atoms. The zero-order chi connectivity index (χ0) is 13.8. The molecular weight excluding hydrogens is 248 g/mol. The average Bonchev–Trinajstić information content (AvgIpc) is 2.79. The zero-order valence-corrected chi connectivity index (χ0v) is 11.0. The number of nitrogens with one attached hydrogen (secondary N) is 1. The average molecular weight is 265 g/mol. The fraction of sp³-hybridized carbons (Fsp3) is 0.357. The van der Waals surface area contributed by atoms with Gasteiger partial charge in [-0.3, -0.25) is 4.68 Å². The molecule has 5 heteroatoms. The maximum absolute atomic E-state index is 13.2. The first kappa shape index (κ1) is 13.7. The lowest BCUT2D eigenvalue weighted by molar-refractivity contribution is 0.493. The molecule has 1 unspecified atom stereocenters. The molecule has 1 aromatic heterocycles. The van der Waals surface area contributed by atoms with Crippen molar-refractivity contribution in [3.05, 3.63) is 53.4 Å². The number of hydrogen-bond acceptors (Lipinski definition) is 2. The van der Waals surface area contributed by atoms with E-state index in [9.17, 15) is 8.78 Å². The summed E-state index contributed by atoms with van der Waals surface area (Å²) in [5.41, 5.74) is 1.78. The third-order valence-electron chi connectivity index (χ3n) is 3.09. The number of nitrogens with zero attached hydrogens (tertiary/aromatic N) is 2. The summed E-state index contributed by atoms with van der Waals surface area (Å²) in [7, 11) is 1.87. The van der Waals surface area contributed by atoms with Crippen molar-refractivity contribution in [3.8, 4) is 0 Å². The summed E-state index contributed by atoms with van der Waals surface area (Å²) in [6.45, 7) is 2.80. The first-order valence-electron chi connectivity index (χ1n) is 6.27. The largest absolute Gasteiger partial charge is 0.309 e. The molecule has 19 heavy (non-hydrogen) atoms. The van der Waals surface area contributed by atoms with E-state index >= 15 is 0 Å². The fourth-order valence-corrected chi connectivity index (χ4v) is 2.16. The van der Waals surface area contributed by atoms with Gasteiger partial charge in [0.25, 0.3) is 0 Å². The van der Waals surface area contributed by atoms with Crippen LogP contribution in [-0.2, 0) is 13.5 Å². The summed E-state index contributed by atoms with van der Waals surface area (Å²) in [6.07, 6.45) is 2.31. The second kappa shape index (κ2) is 5.93. The Morgan fingerprint density at radius 1 is 1.26 bits per heavy atom. The van der Waals surface area contributed by atoms with Gasteiger partial charge in [0.15, 0.2) is 11.6 Å². The van der Waals surface area contributed by atoms with E-state index in [2.05, 4.69) is 10.4 Å². The Labute approximate surface area is 111 Å². The molecule has 3 nitrogen and oxygen atoms in total. The van der Waals surface area contributed by atoms with Crippen LogP contribution in [0.25, 0.3) is 0 Å². The Kier molecular flexibility index (Phi) is 4.27. The van der Waals surface area contributed by atoms with Crippen LogP contribution < -0.4 is 5.32 Å². The Bertz CT molecular complexity index is 551. The van der Waals surface area contributed by atoms with Crippen LogP contribution >= 0.6 is 0 Å². The second-order valence-corrected chi connectivity index (χ2v) is 4.44. The van der Waals surface area contributed by atoms with Crippen LogP contribution in [0.3, 0.4) is 0 Å². The summed E-state index contributed by atoms with van der Waals surface area (Å²) in [4.78, 5) is 0. The highest BCUT2D eigenvalue weighted by molar-refractivity contribution is 5.21. The molecule has 0 aliphatic carbocycles. The standard InChI is InChI=1S/C14H17F2N3/c1-3-17-13(14-6-7-18-19(14)2)9-10-4-5-11(15)12(16)8-10/h4-8,13,17H,3,9H2,1-2H3. The van der Waals surface area contributed by atoms with Crippen molar-refractivity contribution in [2.75, 3.05) is 6.54 Å². The highest BCUT2D eigenvalue weighted by Crippen LogP contribution is 2.19. The molecule has 1 aromatic carbocycles. The van der Waals surface area contributed by atoms with Gasteiger partial charge in [-0.2, -0.15) is 5.10 Å². The maximum Gasteiger partial charge on any atom is 0.159 e. The van der Waals surface area contributed by atoms with Crippen LogP contribution in [0.15, 0.2) is 30.5 Å². The smallest absolute Gasteiger partial charge is 0.159 e. The van der Waals surface area contributed by atoms with Gasteiger partial charge in [-0.1, -0.05) is 13.0 Å². The molecule has 2 rings (SSSR count). The number of aryl methyl sites for hydroxylation is 1. The van der Waals surface area contributed by atoms with Crippen LogP contribution in [0.4, 0.5) is 8.78 Å². The number of aromatic nitrogens is 2. The van der Waals surface area contributed by atoms with Crippen molar-refractivity contribution in [3.63, 3.8) is 0 Å². The van der Waals surface area contributed by atoms with Gasteiger partial charge in [0, 0.05) is 13.2 Å². The maximum atomic E-state index is 13.2. The van der Waals surface area contributed by atoms with Gasteiger partial charge in [-0.05, 0) is 36.7 Å². The van der Waals surface area contributed by atoms with Crippen molar-refractivity contribution < 1.29 is 8.78 Å². The molecule has 0 bridgehead atoms. The van der Waals surface area contributed by atoms with Crippen molar-refractivity contribution in [2.45, 2.75) is 19.4 Å². The third-order valence-corrected chi connectivity index (χ3v) is 3.09. The second-order valence-electron chi connectivity index (χ2n) is 4.44. The van der Waals surface area contributed by atoms with E-state index in [4.69, 9.17) is 0 Å². The van der Waals surface area contributed by atoms with Crippen LogP contribution in [0.1, 0.15) is 24.2 Å². The fourth-order valence-electron chi connectivity index (χ4n) is 2.16. The normalized spacial score (nSPS) is 12.6. The first-order chi connectivity index (χ1) is 9.11. The van der Waals surface area contributed by atoms with Crippen LogP contribution in [0.5, 0.6) is 0 Å². The van der Waals surface area contributed by atoms with Gasteiger partial charge >= 0.3 is 0 Å². The van der Waals surface area contributed by atoms with E-state index in [0.717, 1.165) is 23.9 Å². The van der Waals surface area contributed by atoms with Gasteiger partial charge in [-0.25, -0.2) is 8.78 Å². The molecule has 0 aliphatic rings. The Balaban J connectivity index is 2.21. The molecular formula is C14H17F2N3. The molecule has 0 fully saturated rings. The summed E-state index contributed by atoms with van der Waals surface area (Å²) in [5, 5.41) is 7.47. The van der Waals surface area contributed by atoms with Gasteiger partial charge in [0.05, 0.1) is 11.7 Å². The Hall–Kier alpha value is -1.75. The molecule has 0 aliphatic heterocycles. The lowest BCUT2D eigenvalue weighted by atomic mass is 10.0. The highest BCUT2D eigenvalue weighted by atomic mass is 19.2. The van der Waals surface area contributed by atoms with E-state index in [0.29, 0.717) is 6.42 Å². The van der Waals surface area contributed by atoms with E-state index in [1.807, 2.05) is 20.0 Å². The summed E-state index contributed by atoms with van der Waals surface area (Å²) >= 11 is 0.